The molecular weight excluding hydrogens is 294 g/mol. The van der Waals surface area contributed by atoms with Gasteiger partial charge in [-0.2, -0.15) is 4.31 Å². The summed E-state index contributed by atoms with van der Waals surface area (Å²) < 4.78 is 26.4. The molecule has 20 heavy (non-hydrogen) atoms. The third-order valence-electron chi connectivity index (χ3n) is 3.23. The number of piperazine rings is 1. The maximum atomic E-state index is 12.4. The van der Waals surface area contributed by atoms with Crippen LogP contribution in [0.2, 0.25) is 0 Å². The van der Waals surface area contributed by atoms with E-state index in [0.29, 0.717) is 36.2 Å². The summed E-state index contributed by atoms with van der Waals surface area (Å²) in [5.41, 5.74) is 0. The summed E-state index contributed by atoms with van der Waals surface area (Å²) in [6.07, 6.45) is 0. The zero-order valence-electron chi connectivity index (χ0n) is 11.4. The van der Waals surface area contributed by atoms with E-state index in [9.17, 15) is 8.42 Å². The highest BCUT2D eigenvalue weighted by molar-refractivity contribution is 7.89. The molecule has 1 saturated heterocycles. The molecule has 0 aromatic heterocycles. The van der Waals surface area contributed by atoms with Crippen molar-refractivity contribution in [2.75, 3.05) is 32.7 Å². The highest BCUT2D eigenvalue weighted by Gasteiger charge is 2.28. The van der Waals surface area contributed by atoms with Crippen LogP contribution in [0, 0.1) is 0 Å². The SMILES string of the molecule is CCNC(=S)N1CCN(S(=O)(=O)c2ccccc2)CC1. The topological polar surface area (TPSA) is 52.6 Å². The van der Waals surface area contributed by atoms with Gasteiger partial charge >= 0.3 is 0 Å². The molecule has 0 saturated carbocycles. The highest BCUT2D eigenvalue weighted by atomic mass is 32.2. The minimum absolute atomic E-state index is 0.350. The summed E-state index contributed by atoms with van der Waals surface area (Å²) in [4.78, 5) is 2.36. The van der Waals surface area contributed by atoms with Crippen LogP contribution in [0.3, 0.4) is 0 Å². The van der Waals surface area contributed by atoms with Crippen molar-refractivity contribution in [2.45, 2.75) is 11.8 Å². The number of thiocarbonyl (C=S) groups is 1. The van der Waals surface area contributed by atoms with Crippen LogP contribution < -0.4 is 5.32 Å². The molecule has 1 aliphatic heterocycles. The van der Waals surface area contributed by atoms with Gasteiger partial charge in [0, 0.05) is 32.7 Å². The maximum absolute atomic E-state index is 12.4. The molecule has 7 heteroatoms. The van der Waals surface area contributed by atoms with Gasteiger partial charge in [-0.15, -0.1) is 0 Å². The Morgan fingerprint density at radius 2 is 1.80 bits per heavy atom. The van der Waals surface area contributed by atoms with Crippen LogP contribution in [-0.4, -0.2) is 55.5 Å². The third kappa shape index (κ3) is 3.28. The molecule has 0 radical (unpaired) electrons. The lowest BCUT2D eigenvalue weighted by molar-refractivity contribution is 0.264. The summed E-state index contributed by atoms with van der Waals surface area (Å²) in [6.45, 7) is 4.94. The fraction of sp³-hybridized carbons (Fsp3) is 0.462. The molecule has 1 aromatic carbocycles. The van der Waals surface area contributed by atoms with E-state index >= 15 is 0 Å². The quantitative estimate of drug-likeness (QED) is 0.840. The number of nitrogens with one attached hydrogen (secondary N) is 1. The van der Waals surface area contributed by atoms with Gasteiger partial charge < -0.3 is 10.2 Å². The van der Waals surface area contributed by atoms with Gasteiger partial charge in [0.25, 0.3) is 0 Å². The van der Waals surface area contributed by atoms with E-state index in [4.69, 9.17) is 12.2 Å². The lowest BCUT2D eigenvalue weighted by Crippen LogP contribution is -2.52. The van der Waals surface area contributed by atoms with Crippen LogP contribution in [0.1, 0.15) is 6.92 Å². The summed E-state index contributed by atoms with van der Waals surface area (Å²) >= 11 is 5.25. The van der Waals surface area contributed by atoms with Gasteiger partial charge in [-0.1, -0.05) is 18.2 Å². The van der Waals surface area contributed by atoms with Gasteiger partial charge in [0.1, 0.15) is 0 Å². The average Bonchev–Trinajstić information content (AvgIpc) is 2.48. The Hall–Kier alpha value is -1.18. The van der Waals surface area contributed by atoms with Crippen LogP contribution in [0.25, 0.3) is 0 Å². The molecule has 0 bridgehead atoms. The average molecular weight is 313 g/mol. The third-order valence-corrected chi connectivity index (χ3v) is 5.55. The maximum Gasteiger partial charge on any atom is 0.243 e. The van der Waals surface area contributed by atoms with Crippen molar-refractivity contribution in [3.8, 4) is 0 Å². The summed E-state index contributed by atoms with van der Waals surface area (Å²) in [5, 5.41) is 3.79. The van der Waals surface area contributed by atoms with Gasteiger partial charge in [-0.05, 0) is 31.3 Å². The van der Waals surface area contributed by atoms with Crippen LogP contribution in [-0.2, 0) is 10.0 Å². The van der Waals surface area contributed by atoms with E-state index in [-0.39, 0.29) is 0 Å². The zero-order chi connectivity index (χ0) is 14.6. The fourth-order valence-electron chi connectivity index (χ4n) is 2.14. The molecule has 0 spiro atoms. The molecule has 5 nitrogen and oxygen atoms in total. The van der Waals surface area contributed by atoms with Gasteiger partial charge in [0.15, 0.2) is 5.11 Å². The Morgan fingerprint density at radius 3 is 2.35 bits per heavy atom. The van der Waals surface area contributed by atoms with Crippen molar-refractivity contribution in [3.05, 3.63) is 30.3 Å². The number of benzene rings is 1. The molecule has 1 N–H and O–H groups in total. The minimum Gasteiger partial charge on any atom is -0.363 e. The predicted molar refractivity (Wildman–Crippen MR) is 83.0 cm³/mol. The monoisotopic (exact) mass is 313 g/mol. The van der Waals surface area contributed by atoms with Crippen molar-refractivity contribution in [3.63, 3.8) is 0 Å². The van der Waals surface area contributed by atoms with Crippen LogP contribution >= 0.6 is 12.2 Å². The lowest BCUT2D eigenvalue weighted by atomic mass is 10.4. The number of sulfonamides is 1. The van der Waals surface area contributed by atoms with Crippen molar-refractivity contribution >= 4 is 27.4 Å². The molecule has 1 aliphatic rings. The molecule has 0 aliphatic carbocycles. The second kappa shape index (κ2) is 6.51. The summed E-state index contributed by atoms with van der Waals surface area (Å²) in [6, 6.07) is 8.55. The Labute approximate surface area is 125 Å². The summed E-state index contributed by atoms with van der Waals surface area (Å²) in [5.74, 6) is 0. The normalized spacial score (nSPS) is 16.9. The standard InChI is InChI=1S/C13H19N3O2S2/c1-2-14-13(19)15-8-10-16(11-9-15)20(17,18)12-6-4-3-5-7-12/h3-7H,2,8-11H2,1H3,(H,14,19). The first-order valence-corrected chi connectivity index (χ1v) is 8.48. The zero-order valence-corrected chi connectivity index (χ0v) is 13.1. The van der Waals surface area contributed by atoms with Gasteiger partial charge in [-0.25, -0.2) is 8.42 Å². The Bertz CT molecular complexity index is 552. The smallest absolute Gasteiger partial charge is 0.243 e. The van der Waals surface area contributed by atoms with E-state index in [1.54, 1.807) is 24.3 Å². The molecule has 1 fully saturated rings. The first kappa shape index (κ1) is 15.2. The molecule has 0 amide bonds. The van der Waals surface area contributed by atoms with Crippen molar-refractivity contribution < 1.29 is 8.42 Å². The molecule has 1 aromatic rings. The van der Waals surface area contributed by atoms with Gasteiger partial charge in [0.2, 0.25) is 10.0 Å². The van der Waals surface area contributed by atoms with Crippen LogP contribution in [0.4, 0.5) is 0 Å². The van der Waals surface area contributed by atoms with Crippen LogP contribution in [0.5, 0.6) is 0 Å². The predicted octanol–water partition coefficient (Wildman–Crippen LogP) is 0.887. The summed E-state index contributed by atoms with van der Waals surface area (Å²) in [7, 11) is -3.38. The van der Waals surface area contributed by atoms with E-state index < -0.39 is 10.0 Å². The Kier molecular flexibility index (Phi) is 4.95. The first-order chi connectivity index (χ1) is 9.55. The van der Waals surface area contributed by atoms with E-state index in [1.807, 2.05) is 17.9 Å². The van der Waals surface area contributed by atoms with Crippen molar-refractivity contribution in [1.29, 1.82) is 0 Å². The van der Waals surface area contributed by atoms with Gasteiger partial charge in [-0.3, -0.25) is 0 Å². The molecule has 0 atom stereocenters. The Morgan fingerprint density at radius 1 is 1.20 bits per heavy atom. The fourth-order valence-corrected chi connectivity index (χ4v) is 3.91. The second-order valence-electron chi connectivity index (χ2n) is 4.54. The Balaban J connectivity index is 2.02. The highest BCUT2D eigenvalue weighted by Crippen LogP contribution is 2.17. The van der Waals surface area contributed by atoms with Crippen molar-refractivity contribution in [1.82, 2.24) is 14.5 Å². The number of hydrogen-bond acceptors (Lipinski definition) is 3. The second-order valence-corrected chi connectivity index (χ2v) is 6.86. The molecular formula is C13H19N3O2S2. The first-order valence-electron chi connectivity index (χ1n) is 6.63. The van der Waals surface area contributed by atoms with E-state index in [0.717, 1.165) is 6.54 Å². The number of nitrogens with zero attached hydrogens (tertiary/aromatic N) is 2. The number of hydrogen-bond donors (Lipinski definition) is 1. The van der Waals surface area contributed by atoms with Crippen LogP contribution in [0.15, 0.2) is 35.2 Å². The van der Waals surface area contributed by atoms with E-state index in [2.05, 4.69) is 5.32 Å². The molecule has 0 unspecified atom stereocenters. The minimum atomic E-state index is -3.38. The largest absolute Gasteiger partial charge is 0.363 e. The molecule has 2 rings (SSSR count). The lowest BCUT2D eigenvalue weighted by Gasteiger charge is -2.35. The molecule has 110 valence electrons. The molecule has 1 heterocycles. The van der Waals surface area contributed by atoms with Crippen molar-refractivity contribution in [2.24, 2.45) is 0 Å². The van der Waals surface area contributed by atoms with E-state index in [1.165, 1.54) is 4.31 Å². The number of rotatable bonds is 3. The van der Waals surface area contributed by atoms with Gasteiger partial charge in [0.05, 0.1) is 4.90 Å².